The van der Waals surface area contributed by atoms with E-state index in [9.17, 15) is 76.9 Å². The minimum Gasteiger partial charge on any atom is -0.790 e. The van der Waals surface area contributed by atoms with Gasteiger partial charge in [0, 0.05) is 0 Å². The van der Waals surface area contributed by atoms with Crippen molar-refractivity contribution in [1.82, 2.24) is 0 Å². The first-order valence-electron chi connectivity index (χ1n) is 7.09. The number of hydrogen-bond acceptors (Lipinski definition) is 21. The molecule has 0 aromatic rings. The van der Waals surface area contributed by atoms with Crippen LogP contribution in [0.15, 0.2) is 0 Å². The molecule has 0 spiro atoms. The Hall–Kier alpha value is 0.510. The molecule has 0 amide bonds. The lowest BCUT2D eigenvalue weighted by atomic mass is 9.85. The van der Waals surface area contributed by atoms with Gasteiger partial charge in [0.05, 0.1) is 39.1 Å². The third-order valence-corrected chi connectivity index (χ3v) is 5.73. The Morgan fingerprint density at radius 3 is 0.750 bits per heavy atom. The summed E-state index contributed by atoms with van der Waals surface area (Å²) in [5.41, 5.74) is 0. The van der Waals surface area contributed by atoms with Crippen LogP contribution < -0.4 is 48.9 Å². The molecule has 1 aliphatic carbocycles. The molecule has 192 valence electrons. The molecule has 1 rings (SSSR count). The molecule has 0 aliphatic heterocycles. The average Bonchev–Trinajstić information content (AvgIpc) is 2.45. The molecule has 26 heteroatoms. The highest BCUT2D eigenvalue weighted by Gasteiger charge is 2.55. The Bertz CT molecular complexity index is 824. The first-order valence-corrected chi connectivity index (χ1v) is 14.4. The largest absolute Gasteiger partial charge is 0.790 e. The summed E-state index contributed by atoms with van der Waals surface area (Å²) >= 11 is 0. The van der Waals surface area contributed by atoms with E-state index < -0.39 is 75.7 Å². The summed E-state index contributed by atoms with van der Waals surface area (Å²) in [6.07, 6.45) is -19.5. The van der Waals surface area contributed by atoms with Gasteiger partial charge in [0.2, 0.25) is 0 Å². The third-order valence-electron chi connectivity index (χ3n) is 3.22. The molecule has 0 heterocycles. The number of aliphatic hydroxyl groups is 1. The molecule has 0 aromatic heterocycles. The molecule has 0 bridgehead atoms. The lowest BCUT2D eigenvalue weighted by molar-refractivity contribution is -0.384. The third kappa shape index (κ3) is 10.8. The minimum atomic E-state index is -6.51. The fourth-order valence-electron chi connectivity index (χ4n) is 2.49. The number of hydrogen-bond donors (Lipinski definition) is 1. The van der Waals surface area contributed by atoms with E-state index in [-0.39, 0.29) is 0 Å². The van der Waals surface area contributed by atoms with Crippen molar-refractivity contribution < 1.29 is 99.5 Å². The number of aliphatic hydroxyl groups excluding tert-OH is 1. The Labute approximate surface area is 176 Å². The van der Waals surface area contributed by atoms with E-state index in [0.29, 0.717) is 0 Å². The summed E-state index contributed by atoms with van der Waals surface area (Å²) in [7, 11) is -32.2. The van der Waals surface area contributed by atoms with Gasteiger partial charge in [-0.3, -0.25) is 0 Å². The van der Waals surface area contributed by atoms with Gasteiger partial charge in [0.25, 0.3) is 0 Å². The Balaban J connectivity index is 3.77. The highest BCUT2D eigenvalue weighted by molar-refractivity contribution is 7.44. The van der Waals surface area contributed by atoms with E-state index in [0.717, 1.165) is 0 Å². The van der Waals surface area contributed by atoms with E-state index >= 15 is 0 Å². The zero-order chi connectivity index (χ0) is 25.5. The van der Waals surface area contributed by atoms with Crippen LogP contribution >= 0.6 is 39.1 Å². The second-order valence-electron chi connectivity index (χ2n) is 5.58. The summed E-state index contributed by atoms with van der Waals surface area (Å²) in [6, 6.07) is 0. The smallest absolute Gasteiger partial charge is 0.121 e. The van der Waals surface area contributed by atoms with Crippen LogP contribution in [-0.4, -0.2) is 41.7 Å². The molecule has 0 saturated heterocycles. The normalized spacial score (nSPS) is 31.0. The van der Waals surface area contributed by atoms with E-state index in [1.54, 1.807) is 0 Å². The van der Waals surface area contributed by atoms with Gasteiger partial charge in [-0.25, -0.2) is 0 Å². The van der Waals surface area contributed by atoms with E-state index in [2.05, 4.69) is 22.6 Å². The molecule has 1 fully saturated rings. The van der Waals surface area contributed by atoms with Crippen LogP contribution in [0.4, 0.5) is 0 Å². The van der Waals surface area contributed by atoms with Gasteiger partial charge in [0.1, 0.15) is 36.6 Å². The Morgan fingerprint density at radius 1 is 0.406 bits per heavy atom. The van der Waals surface area contributed by atoms with Crippen LogP contribution in [0.3, 0.4) is 0 Å². The first-order chi connectivity index (χ1) is 13.9. The SMILES string of the molecule is O=P([O-])([O-])OC1[C@@H](OP(=O)([O-])[O-])[C@H](OP(=O)([O-])[O-])C(O)[C@H](OP(=O)([O-])[O-])[C@@H]1OP(=O)([O-])[O-]. The summed E-state index contributed by atoms with van der Waals surface area (Å²) in [5.74, 6) is 0. The van der Waals surface area contributed by atoms with E-state index in [1.807, 2.05) is 0 Å². The maximum atomic E-state index is 11.0. The van der Waals surface area contributed by atoms with Gasteiger partial charge in [-0.05, 0) is 0 Å². The minimum absolute atomic E-state index is 3.20. The Kier molecular flexibility index (Phi) is 9.78. The van der Waals surface area contributed by atoms with Crippen molar-refractivity contribution in [3.8, 4) is 0 Å². The standard InChI is InChI=1S/C6H17O21P5/c7-1-2(23-28(8,9)10)4(25-30(14,15)16)6(27-32(20,21)22)5(26-31(17,18)19)3(1)24-29(11,12)13/h1-7H,(H2,8,9,10)(H2,11,12,13)(H2,14,15,16)(H2,17,18,19)(H2,20,21,22)/p-10/t1?,2-,3+,4-,5-,6?/m0/s1. The summed E-state index contributed by atoms with van der Waals surface area (Å²) in [6.45, 7) is 0. The Morgan fingerprint density at radius 2 is 0.562 bits per heavy atom. The van der Waals surface area contributed by atoms with E-state index in [4.69, 9.17) is 0 Å². The topological polar surface area (TPSA) is 382 Å². The molecule has 21 nitrogen and oxygen atoms in total. The number of rotatable bonds is 10. The molecule has 0 aromatic carbocycles. The van der Waals surface area contributed by atoms with Crippen molar-refractivity contribution in [2.45, 2.75) is 36.6 Å². The monoisotopic (exact) mass is 570 g/mol. The lowest BCUT2D eigenvalue weighted by Gasteiger charge is -2.55. The zero-order valence-corrected chi connectivity index (χ0v) is 18.8. The maximum absolute atomic E-state index is 11.0. The van der Waals surface area contributed by atoms with Gasteiger partial charge in [-0.1, -0.05) is 0 Å². The van der Waals surface area contributed by atoms with Crippen molar-refractivity contribution in [2.24, 2.45) is 0 Å². The quantitative estimate of drug-likeness (QED) is 0.238. The molecule has 32 heavy (non-hydrogen) atoms. The van der Waals surface area contributed by atoms with E-state index in [1.165, 1.54) is 0 Å². The average molecular weight is 570 g/mol. The zero-order valence-electron chi connectivity index (χ0n) is 14.3. The van der Waals surface area contributed by atoms with Crippen molar-refractivity contribution >= 4 is 39.1 Å². The van der Waals surface area contributed by atoms with Gasteiger partial charge in [-0.2, -0.15) is 0 Å². The summed E-state index contributed by atoms with van der Waals surface area (Å²) in [4.78, 5) is 109. The number of phosphoric ester groups is 5. The van der Waals surface area contributed by atoms with Crippen molar-refractivity contribution in [3.63, 3.8) is 0 Å². The fraction of sp³-hybridized carbons (Fsp3) is 1.00. The lowest BCUT2D eigenvalue weighted by Crippen LogP contribution is -2.67. The molecule has 1 N–H and O–H groups in total. The fourth-order valence-corrected chi connectivity index (χ4v) is 5.19. The van der Waals surface area contributed by atoms with Gasteiger partial charge < -0.3 is 99.5 Å². The van der Waals surface area contributed by atoms with Crippen LogP contribution in [0.5, 0.6) is 0 Å². The first kappa shape index (κ1) is 30.5. The molecule has 1 aliphatic rings. The van der Waals surface area contributed by atoms with Crippen molar-refractivity contribution in [3.05, 3.63) is 0 Å². The van der Waals surface area contributed by atoms with Crippen molar-refractivity contribution in [1.29, 1.82) is 0 Å². The van der Waals surface area contributed by atoms with Crippen LogP contribution in [0.1, 0.15) is 0 Å². The maximum Gasteiger partial charge on any atom is 0.121 e. The second-order valence-corrected chi connectivity index (χ2v) is 11.1. The van der Waals surface area contributed by atoms with Crippen LogP contribution in [0.25, 0.3) is 0 Å². The van der Waals surface area contributed by atoms with Gasteiger partial charge in [0.15, 0.2) is 0 Å². The molecule has 2 unspecified atom stereocenters. The molecular weight excluding hydrogens is 563 g/mol. The summed E-state index contributed by atoms with van der Waals surface area (Å²) < 4.78 is 73.0. The van der Waals surface area contributed by atoms with Gasteiger partial charge in [-0.15, -0.1) is 0 Å². The summed E-state index contributed by atoms with van der Waals surface area (Å²) in [5, 5.41) is 10.0. The van der Waals surface area contributed by atoms with Crippen LogP contribution in [-0.2, 0) is 45.4 Å². The number of phosphoric acid groups is 5. The van der Waals surface area contributed by atoms with Crippen molar-refractivity contribution in [2.75, 3.05) is 0 Å². The second kappa shape index (κ2) is 10.2. The highest BCUT2D eigenvalue weighted by Crippen LogP contribution is 2.49. The van der Waals surface area contributed by atoms with Gasteiger partial charge >= 0.3 is 0 Å². The predicted molar refractivity (Wildman–Crippen MR) is 68.4 cm³/mol. The highest BCUT2D eigenvalue weighted by atomic mass is 31.2. The van der Waals surface area contributed by atoms with Crippen LogP contribution in [0, 0.1) is 0 Å². The molecule has 0 radical (unpaired) electrons. The molecule has 1 saturated carbocycles. The van der Waals surface area contributed by atoms with Crippen LogP contribution in [0.2, 0.25) is 0 Å². The predicted octanol–water partition coefficient (Wildman–Crippen LogP) is -9.57. The molecular formula is C6H7O21P5-10. The molecule has 6 atom stereocenters.